The highest BCUT2D eigenvalue weighted by Crippen LogP contribution is 2.12. The van der Waals surface area contributed by atoms with Crippen LogP contribution in [0.2, 0.25) is 0 Å². The predicted octanol–water partition coefficient (Wildman–Crippen LogP) is 11.3. The van der Waals surface area contributed by atoms with Gasteiger partial charge in [0.1, 0.15) is 0 Å². The quantitative estimate of drug-likeness (QED) is 0.0508. The second-order valence-electron chi connectivity index (χ2n) is 12.2. The van der Waals surface area contributed by atoms with Crippen molar-refractivity contribution in [3.8, 4) is 0 Å². The third-order valence-corrected chi connectivity index (χ3v) is 7.82. The van der Waals surface area contributed by atoms with E-state index in [4.69, 9.17) is 0 Å². The lowest BCUT2D eigenvalue weighted by molar-refractivity contribution is -0.123. The Morgan fingerprint density at radius 3 is 1.50 bits per heavy atom. The molecule has 4 heteroatoms. The summed E-state index contributed by atoms with van der Waals surface area (Å²) >= 11 is 0. The van der Waals surface area contributed by atoms with E-state index in [0.29, 0.717) is 6.42 Å². The lowest BCUT2D eigenvalue weighted by Gasteiger charge is -2.19. The molecule has 0 aliphatic carbocycles. The first-order valence-corrected chi connectivity index (χ1v) is 18.8. The van der Waals surface area contributed by atoms with Crippen LogP contribution >= 0.6 is 0 Å². The van der Waals surface area contributed by atoms with Gasteiger partial charge in [0, 0.05) is 6.42 Å². The van der Waals surface area contributed by atoms with Gasteiger partial charge in [-0.3, -0.25) is 4.79 Å². The second-order valence-corrected chi connectivity index (χ2v) is 12.2. The van der Waals surface area contributed by atoms with Crippen LogP contribution in [0.4, 0.5) is 0 Å². The number of carbonyl (C=O) groups is 1. The molecule has 0 fully saturated rings. The van der Waals surface area contributed by atoms with Crippen molar-refractivity contribution in [2.45, 2.75) is 167 Å². The Labute approximate surface area is 284 Å². The van der Waals surface area contributed by atoms with Gasteiger partial charge in [-0.2, -0.15) is 0 Å². The van der Waals surface area contributed by atoms with Crippen LogP contribution in [-0.2, 0) is 4.79 Å². The van der Waals surface area contributed by atoms with Crippen molar-refractivity contribution in [2.24, 2.45) is 0 Å². The number of nitrogens with one attached hydrogen (secondary N) is 1. The molecule has 0 radical (unpaired) electrons. The van der Waals surface area contributed by atoms with Gasteiger partial charge in [-0.1, -0.05) is 157 Å². The zero-order chi connectivity index (χ0) is 33.6. The first-order chi connectivity index (χ1) is 22.7. The average molecular weight is 638 g/mol. The Morgan fingerprint density at radius 2 is 0.978 bits per heavy atom. The third kappa shape index (κ3) is 32.9. The van der Waals surface area contributed by atoms with Crippen molar-refractivity contribution in [3.05, 3.63) is 85.1 Å². The van der Waals surface area contributed by atoms with Crippen LogP contribution in [0, 0.1) is 0 Å². The smallest absolute Gasteiger partial charge is 0.220 e. The van der Waals surface area contributed by atoms with E-state index >= 15 is 0 Å². The highest BCUT2D eigenvalue weighted by atomic mass is 16.3. The molecule has 0 aromatic rings. The standard InChI is InChI=1S/C42H71NO3/c1-3-5-7-9-11-13-15-16-17-18-19-20-21-22-23-24-25-26-28-30-32-34-36-38-42(46)43-40(39-44)41(45)37-35-33-31-29-27-14-12-10-8-6-4-2/h5,7-8,10-11,13,16-17,19-20,27,29,35,37,40-41,44-45H,3-4,6,9,12,14-15,18,21-26,28,30-34,36,38-39H2,1-2H3,(H,43,46)/b7-5-,10-8+,13-11-,17-16-,20-19-,29-27+,37-35+. The molecule has 2 unspecified atom stereocenters. The molecule has 0 aromatic heterocycles. The van der Waals surface area contributed by atoms with Crippen LogP contribution in [0.1, 0.15) is 155 Å². The van der Waals surface area contributed by atoms with E-state index in [1.54, 1.807) is 6.08 Å². The monoisotopic (exact) mass is 638 g/mol. The SMILES string of the molecule is CC/C=C\C/C=C\C/C=C\C/C=C\CCCCCCCCCCCCC(=O)NC(CO)C(O)/C=C/CC/C=C/CC/C=C/CCC. The van der Waals surface area contributed by atoms with Crippen molar-refractivity contribution in [1.82, 2.24) is 5.32 Å². The third-order valence-electron chi connectivity index (χ3n) is 7.82. The molecule has 0 saturated carbocycles. The van der Waals surface area contributed by atoms with Crippen LogP contribution < -0.4 is 5.32 Å². The molecule has 262 valence electrons. The Bertz CT molecular complexity index is 864. The maximum absolute atomic E-state index is 12.3. The van der Waals surface area contributed by atoms with Gasteiger partial charge in [-0.25, -0.2) is 0 Å². The highest BCUT2D eigenvalue weighted by molar-refractivity contribution is 5.76. The van der Waals surface area contributed by atoms with Gasteiger partial charge >= 0.3 is 0 Å². The summed E-state index contributed by atoms with van der Waals surface area (Å²) < 4.78 is 0. The predicted molar refractivity (Wildman–Crippen MR) is 202 cm³/mol. The fourth-order valence-corrected chi connectivity index (χ4v) is 4.97. The minimum Gasteiger partial charge on any atom is -0.394 e. The van der Waals surface area contributed by atoms with Gasteiger partial charge < -0.3 is 15.5 Å². The molecule has 1 amide bonds. The molecule has 46 heavy (non-hydrogen) atoms. The fraction of sp³-hybridized carbons (Fsp3) is 0.643. The van der Waals surface area contributed by atoms with E-state index in [0.717, 1.165) is 77.0 Å². The molecule has 0 bridgehead atoms. The lowest BCUT2D eigenvalue weighted by Crippen LogP contribution is -2.45. The van der Waals surface area contributed by atoms with Crippen molar-refractivity contribution in [2.75, 3.05) is 6.61 Å². The molecule has 3 N–H and O–H groups in total. The average Bonchev–Trinajstić information content (AvgIpc) is 3.06. The zero-order valence-corrected chi connectivity index (χ0v) is 29.8. The number of allylic oxidation sites excluding steroid dienone is 13. The van der Waals surface area contributed by atoms with E-state index in [2.05, 4.69) is 92.1 Å². The summed E-state index contributed by atoms with van der Waals surface area (Å²) in [6, 6.07) is -0.650. The summed E-state index contributed by atoms with van der Waals surface area (Å²) in [5, 5.41) is 22.8. The van der Waals surface area contributed by atoms with Crippen molar-refractivity contribution in [3.63, 3.8) is 0 Å². The lowest BCUT2D eigenvalue weighted by atomic mass is 10.0. The van der Waals surface area contributed by atoms with Crippen molar-refractivity contribution >= 4 is 5.91 Å². The Kier molecular flexibility index (Phi) is 35.1. The topological polar surface area (TPSA) is 69.6 Å². The van der Waals surface area contributed by atoms with Crippen LogP contribution in [0.3, 0.4) is 0 Å². The normalized spacial score (nSPS) is 14.1. The van der Waals surface area contributed by atoms with Crippen LogP contribution in [-0.4, -0.2) is 34.9 Å². The number of hydrogen-bond acceptors (Lipinski definition) is 3. The zero-order valence-electron chi connectivity index (χ0n) is 29.8. The van der Waals surface area contributed by atoms with Gasteiger partial charge in [0.2, 0.25) is 5.91 Å². The molecule has 0 spiro atoms. The molecule has 2 atom stereocenters. The van der Waals surface area contributed by atoms with Gasteiger partial charge in [0.25, 0.3) is 0 Å². The minimum atomic E-state index is -0.874. The minimum absolute atomic E-state index is 0.0901. The number of unbranched alkanes of at least 4 members (excludes halogenated alkanes) is 13. The van der Waals surface area contributed by atoms with Gasteiger partial charge in [-0.05, 0) is 77.0 Å². The number of amides is 1. The largest absolute Gasteiger partial charge is 0.394 e. The van der Waals surface area contributed by atoms with E-state index in [-0.39, 0.29) is 12.5 Å². The highest BCUT2D eigenvalue weighted by Gasteiger charge is 2.17. The molecule has 0 saturated heterocycles. The summed E-state index contributed by atoms with van der Waals surface area (Å²) in [5.41, 5.74) is 0. The molecule has 4 nitrogen and oxygen atoms in total. The summed E-state index contributed by atoms with van der Waals surface area (Å²) in [7, 11) is 0. The van der Waals surface area contributed by atoms with Crippen LogP contribution in [0.5, 0.6) is 0 Å². The van der Waals surface area contributed by atoms with Gasteiger partial charge in [0.05, 0.1) is 18.8 Å². The van der Waals surface area contributed by atoms with E-state index in [1.807, 2.05) is 6.08 Å². The summed E-state index contributed by atoms with van der Waals surface area (Å²) in [5.74, 6) is -0.0901. The first kappa shape index (κ1) is 43.6. The Balaban J connectivity index is 3.65. The van der Waals surface area contributed by atoms with E-state index in [1.165, 1.54) is 57.8 Å². The van der Waals surface area contributed by atoms with Crippen LogP contribution in [0.25, 0.3) is 0 Å². The Morgan fingerprint density at radius 1 is 0.543 bits per heavy atom. The van der Waals surface area contributed by atoms with Gasteiger partial charge in [-0.15, -0.1) is 0 Å². The Hall–Kier alpha value is -2.43. The molecular weight excluding hydrogens is 566 g/mol. The fourth-order valence-electron chi connectivity index (χ4n) is 4.97. The number of hydrogen-bond donors (Lipinski definition) is 3. The van der Waals surface area contributed by atoms with E-state index < -0.39 is 12.1 Å². The van der Waals surface area contributed by atoms with E-state index in [9.17, 15) is 15.0 Å². The molecule has 0 aromatic carbocycles. The molecule has 0 heterocycles. The van der Waals surface area contributed by atoms with Crippen LogP contribution in [0.15, 0.2) is 85.1 Å². The maximum atomic E-state index is 12.3. The second kappa shape index (κ2) is 37.0. The molecule has 0 aliphatic heterocycles. The number of carbonyl (C=O) groups excluding carboxylic acids is 1. The number of aliphatic hydroxyl groups excluding tert-OH is 2. The number of rotatable bonds is 32. The maximum Gasteiger partial charge on any atom is 0.220 e. The molecule has 0 rings (SSSR count). The summed E-state index contributed by atoms with van der Waals surface area (Å²) in [4.78, 5) is 12.3. The first-order valence-electron chi connectivity index (χ1n) is 18.8. The summed E-state index contributed by atoms with van der Waals surface area (Å²) in [6.07, 6.45) is 53.9. The summed E-state index contributed by atoms with van der Waals surface area (Å²) in [6.45, 7) is 4.08. The van der Waals surface area contributed by atoms with Crippen molar-refractivity contribution in [1.29, 1.82) is 0 Å². The molecular formula is C42H71NO3. The van der Waals surface area contributed by atoms with Crippen molar-refractivity contribution < 1.29 is 15.0 Å². The number of aliphatic hydroxyl groups is 2. The van der Waals surface area contributed by atoms with Gasteiger partial charge in [0.15, 0.2) is 0 Å². The molecule has 0 aliphatic rings.